The molecule has 1 fully saturated rings. The van der Waals surface area contributed by atoms with Crippen molar-refractivity contribution in [3.63, 3.8) is 0 Å². The number of ether oxygens (including phenoxy) is 3. The monoisotopic (exact) mass is 735 g/mol. The maximum atomic E-state index is 14.3. The highest BCUT2D eigenvalue weighted by atomic mass is 79.9. The Kier molecular flexibility index (Phi) is 8.59. The molecular weight excluding hydrogens is 702 g/mol. The number of carbonyl (C=O) groups is 4. The molecule has 1 heterocycles. The van der Waals surface area contributed by atoms with Crippen molar-refractivity contribution in [3.8, 4) is 23.0 Å². The zero-order valence-electron chi connectivity index (χ0n) is 27.9. The number of imide groups is 1. The minimum absolute atomic E-state index is 0.0913. The molecule has 2 amide bonds. The summed E-state index contributed by atoms with van der Waals surface area (Å²) in [6.07, 6.45) is 7.63. The highest BCUT2D eigenvalue weighted by Crippen LogP contribution is 2.56. The number of fused-ring (bicyclic) bond motifs is 3. The van der Waals surface area contributed by atoms with Gasteiger partial charge in [-0.05, 0) is 101 Å². The van der Waals surface area contributed by atoms with E-state index < -0.39 is 23.7 Å². The number of phenolic OH excluding ortho intramolecular Hbond substituents is 1. The first-order valence-electron chi connectivity index (χ1n) is 16.2. The van der Waals surface area contributed by atoms with Gasteiger partial charge in [0, 0.05) is 28.2 Å². The number of halogens is 1. The predicted molar refractivity (Wildman–Crippen MR) is 191 cm³/mol. The predicted octanol–water partition coefficient (Wildman–Crippen LogP) is 6.99. The van der Waals surface area contributed by atoms with E-state index in [9.17, 15) is 24.3 Å². The largest absolute Gasteiger partial charge is 0.503 e. The normalized spacial score (nSPS) is 23.0. The molecule has 3 aliphatic carbocycles. The van der Waals surface area contributed by atoms with Gasteiger partial charge in [-0.1, -0.05) is 35.9 Å². The third kappa shape index (κ3) is 5.38. The molecule has 0 saturated carbocycles. The van der Waals surface area contributed by atoms with Crippen LogP contribution in [0.3, 0.4) is 0 Å². The molecule has 254 valence electrons. The van der Waals surface area contributed by atoms with E-state index in [1.165, 1.54) is 18.1 Å². The number of Topliss-reactive ketones (excluding diaryl/α,β-unsaturated/α-hetero) is 1. The standard InChI is InChI=1S/C40H34BrNO8/c1-20-15-31(43)29-19-28-26(34(36(29)37(20)44)23-17-30(41)38(45)33(18-23)50-4)12-13-27-35(28)40(47)42(39(27)46)24-9-6-21(7-10-24)5-8-22-16-25(48-2)11-14-32(22)49-3/h5-12,14-18,27-28,34-35,45H,13,19H2,1-4H3/t27-,28+,34-,35-/m0/s1. The first kappa shape index (κ1) is 33.3. The van der Waals surface area contributed by atoms with E-state index in [1.54, 1.807) is 45.4 Å². The topological polar surface area (TPSA) is 119 Å². The van der Waals surface area contributed by atoms with Crippen molar-refractivity contribution in [3.05, 3.63) is 110 Å². The molecule has 9 nitrogen and oxygen atoms in total. The van der Waals surface area contributed by atoms with Gasteiger partial charge in [0.25, 0.3) is 0 Å². The first-order valence-corrected chi connectivity index (χ1v) is 17.0. The molecule has 10 heteroatoms. The Hall–Kier alpha value is -5.22. The van der Waals surface area contributed by atoms with Crippen LogP contribution in [-0.2, 0) is 19.2 Å². The van der Waals surface area contributed by atoms with Gasteiger partial charge in [-0.3, -0.25) is 24.1 Å². The smallest absolute Gasteiger partial charge is 0.238 e. The van der Waals surface area contributed by atoms with Gasteiger partial charge in [-0.15, -0.1) is 0 Å². The SMILES string of the molecule is COc1ccc(OC)c(C=Cc2ccc(N3C(=O)[C@H]4[C@H](CC=C5[C@H](c6cc(Br)c(O)c(OC)c6)C6=C(C[C@H]54)C(=O)C=C(C)C6=O)C3=O)cc2)c1. The number of amides is 2. The van der Waals surface area contributed by atoms with E-state index in [1.807, 2.05) is 48.6 Å². The fourth-order valence-electron chi connectivity index (χ4n) is 7.80. The van der Waals surface area contributed by atoms with Crippen LogP contribution in [0.15, 0.2) is 93.5 Å². The summed E-state index contributed by atoms with van der Waals surface area (Å²) in [5.74, 6) is -2.07. The van der Waals surface area contributed by atoms with Crippen LogP contribution in [0.4, 0.5) is 5.69 Å². The van der Waals surface area contributed by atoms with Gasteiger partial charge in [0.2, 0.25) is 11.8 Å². The van der Waals surface area contributed by atoms with Crippen molar-refractivity contribution < 1.29 is 38.5 Å². The Balaban J connectivity index is 1.22. The van der Waals surface area contributed by atoms with Gasteiger partial charge in [-0.25, -0.2) is 0 Å². The molecule has 0 radical (unpaired) electrons. The molecule has 3 aromatic carbocycles. The van der Waals surface area contributed by atoms with E-state index in [0.29, 0.717) is 50.4 Å². The number of ketones is 2. The number of anilines is 1. The summed E-state index contributed by atoms with van der Waals surface area (Å²) in [7, 11) is 4.64. The third-order valence-corrected chi connectivity index (χ3v) is 10.8. The summed E-state index contributed by atoms with van der Waals surface area (Å²) in [6, 6.07) is 16.1. The molecule has 1 saturated heterocycles. The van der Waals surface area contributed by atoms with Crippen LogP contribution in [0.1, 0.15) is 42.4 Å². The molecular formula is C40H34BrNO8. The Morgan fingerprint density at radius 2 is 1.60 bits per heavy atom. The van der Waals surface area contributed by atoms with Crippen molar-refractivity contribution in [1.29, 1.82) is 0 Å². The third-order valence-electron chi connectivity index (χ3n) is 10.2. The van der Waals surface area contributed by atoms with E-state index in [-0.39, 0.29) is 41.3 Å². The van der Waals surface area contributed by atoms with Crippen LogP contribution >= 0.6 is 15.9 Å². The van der Waals surface area contributed by atoms with Crippen molar-refractivity contribution in [2.45, 2.75) is 25.7 Å². The van der Waals surface area contributed by atoms with E-state index in [4.69, 9.17) is 14.2 Å². The van der Waals surface area contributed by atoms with Gasteiger partial charge in [0.05, 0.1) is 43.3 Å². The van der Waals surface area contributed by atoms with E-state index >= 15 is 0 Å². The van der Waals surface area contributed by atoms with Crippen LogP contribution in [0.25, 0.3) is 12.2 Å². The van der Waals surface area contributed by atoms with Gasteiger partial charge in [0.15, 0.2) is 23.1 Å². The summed E-state index contributed by atoms with van der Waals surface area (Å²) < 4.78 is 16.6. The average Bonchev–Trinajstić information content (AvgIpc) is 3.38. The number of hydrogen-bond acceptors (Lipinski definition) is 8. The Labute approximate surface area is 297 Å². The van der Waals surface area contributed by atoms with Crippen molar-refractivity contribution in [1.82, 2.24) is 0 Å². The number of benzene rings is 3. The van der Waals surface area contributed by atoms with Gasteiger partial charge >= 0.3 is 0 Å². The molecule has 1 N–H and O–H groups in total. The number of rotatable bonds is 7. The second kappa shape index (κ2) is 12.9. The number of allylic oxidation sites excluding steroid dienone is 6. The number of hydrogen-bond donors (Lipinski definition) is 1. The number of aromatic hydroxyl groups is 1. The van der Waals surface area contributed by atoms with Gasteiger partial charge in [-0.2, -0.15) is 0 Å². The lowest BCUT2D eigenvalue weighted by Crippen LogP contribution is -2.39. The zero-order valence-corrected chi connectivity index (χ0v) is 29.4. The summed E-state index contributed by atoms with van der Waals surface area (Å²) in [6.45, 7) is 1.62. The zero-order chi connectivity index (χ0) is 35.4. The molecule has 1 aliphatic heterocycles. The molecule has 0 spiro atoms. The Morgan fingerprint density at radius 3 is 2.30 bits per heavy atom. The van der Waals surface area contributed by atoms with E-state index in [2.05, 4.69) is 15.9 Å². The highest BCUT2D eigenvalue weighted by Gasteiger charge is 2.56. The van der Waals surface area contributed by atoms with Crippen LogP contribution < -0.4 is 19.1 Å². The first-order chi connectivity index (χ1) is 24.1. The number of methoxy groups -OCH3 is 3. The lowest BCUT2D eigenvalue weighted by atomic mass is 9.59. The minimum atomic E-state index is -0.712. The molecule has 4 aliphatic rings. The summed E-state index contributed by atoms with van der Waals surface area (Å²) in [5, 5.41) is 10.6. The van der Waals surface area contributed by atoms with Crippen LogP contribution in [-0.4, -0.2) is 49.8 Å². The second-order valence-electron chi connectivity index (χ2n) is 12.8. The molecule has 0 unspecified atom stereocenters. The van der Waals surface area contributed by atoms with Crippen LogP contribution in [0.2, 0.25) is 0 Å². The van der Waals surface area contributed by atoms with Crippen molar-refractivity contribution >= 4 is 57.2 Å². The minimum Gasteiger partial charge on any atom is -0.503 e. The average molecular weight is 737 g/mol. The number of carbonyl (C=O) groups excluding carboxylic acids is 4. The van der Waals surface area contributed by atoms with Crippen molar-refractivity contribution in [2.75, 3.05) is 26.2 Å². The maximum absolute atomic E-state index is 14.3. The van der Waals surface area contributed by atoms with Crippen LogP contribution in [0, 0.1) is 17.8 Å². The summed E-state index contributed by atoms with van der Waals surface area (Å²) >= 11 is 3.41. The fraction of sp³-hybridized carbons (Fsp3) is 0.250. The van der Waals surface area contributed by atoms with Crippen molar-refractivity contribution in [2.24, 2.45) is 17.8 Å². The lowest BCUT2D eigenvalue weighted by Gasteiger charge is -2.42. The molecule has 0 aromatic heterocycles. The lowest BCUT2D eigenvalue weighted by molar-refractivity contribution is -0.123. The molecule has 50 heavy (non-hydrogen) atoms. The number of phenols is 1. The highest BCUT2D eigenvalue weighted by molar-refractivity contribution is 9.10. The molecule has 4 atom stereocenters. The molecule has 0 bridgehead atoms. The molecule has 3 aromatic rings. The fourth-order valence-corrected chi connectivity index (χ4v) is 8.26. The Bertz CT molecular complexity index is 2110. The molecule has 7 rings (SSSR count). The van der Waals surface area contributed by atoms with Crippen LogP contribution in [0.5, 0.6) is 23.0 Å². The summed E-state index contributed by atoms with van der Waals surface area (Å²) in [4.78, 5) is 56.8. The number of nitrogens with zero attached hydrogens (tertiary/aromatic N) is 1. The van der Waals surface area contributed by atoms with Gasteiger partial charge < -0.3 is 19.3 Å². The maximum Gasteiger partial charge on any atom is 0.238 e. The Morgan fingerprint density at radius 1 is 0.860 bits per heavy atom. The van der Waals surface area contributed by atoms with Gasteiger partial charge in [0.1, 0.15) is 11.5 Å². The summed E-state index contributed by atoms with van der Waals surface area (Å²) in [5.41, 5.74) is 4.68. The quantitative estimate of drug-likeness (QED) is 0.119. The van der Waals surface area contributed by atoms with E-state index in [0.717, 1.165) is 16.7 Å². The second-order valence-corrected chi connectivity index (χ2v) is 13.7.